The first-order valence-electron chi connectivity index (χ1n) is 4.86. The summed E-state index contributed by atoms with van der Waals surface area (Å²) in [5, 5.41) is 16.8. The van der Waals surface area contributed by atoms with E-state index in [0.29, 0.717) is 10.9 Å². The van der Waals surface area contributed by atoms with Crippen LogP contribution in [0, 0.1) is 6.92 Å². The highest BCUT2D eigenvalue weighted by atomic mass is 32.2. The molecule has 2 heterocycles. The van der Waals surface area contributed by atoms with Crippen LogP contribution in [0.3, 0.4) is 0 Å². The average Bonchev–Trinajstić information content (AvgIpc) is 2.65. The number of pyridine rings is 1. The van der Waals surface area contributed by atoms with Gasteiger partial charge in [-0.2, -0.15) is 0 Å². The van der Waals surface area contributed by atoms with Crippen molar-refractivity contribution in [2.75, 3.05) is 0 Å². The third-order valence-corrected chi connectivity index (χ3v) is 2.82. The Balaban J connectivity index is 2.11. The molecule has 0 aliphatic rings. The Bertz CT molecular complexity index is 466. The number of nitrogens with zero attached hydrogens (tertiary/aromatic N) is 3. The third kappa shape index (κ3) is 2.59. The molecule has 2 aromatic rings. The minimum atomic E-state index is -0.537. The normalized spacial score (nSPS) is 12.7. The number of aliphatic hydroxyl groups is 1. The van der Waals surface area contributed by atoms with Gasteiger partial charge in [-0.1, -0.05) is 0 Å². The second-order valence-electron chi connectivity index (χ2n) is 3.40. The maximum Gasteiger partial charge on any atom is 0.213 e. The molecule has 0 spiro atoms. The molecule has 5 nitrogen and oxygen atoms in total. The van der Waals surface area contributed by atoms with Crippen LogP contribution in [0.2, 0.25) is 0 Å². The summed E-state index contributed by atoms with van der Waals surface area (Å²) in [4.78, 5) is 9.27. The number of aromatic amines is 1. The molecule has 0 unspecified atom stereocenters. The van der Waals surface area contributed by atoms with Crippen LogP contribution >= 0.6 is 11.8 Å². The fraction of sp³-hybridized carbons (Fsp3) is 0.300. The molecule has 1 atom stereocenters. The van der Waals surface area contributed by atoms with Crippen LogP contribution in [0.1, 0.15) is 24.5 Å². The van der Waals surface area contributed by atoms with E-state index in [1.54, 1.807) is 19.2 Å². The summed E-state index contributed by atoms with van der Waals surface area (Å²) in [6.45, 7) is 3.54. The summed E-state index contributed by atoms with van der Waals surface area (Å²) in [5.74, 6) is 0.788. The van der Waals surface area contributed by atoms with Crippen molar-refractivity contribution >= 4 is 11.8 Å². The number of hydrogen-bond acceptors (Lipinski definition) is 5. The first-order chi connectivity index (χ1) is 7.65. The first kappa shape index (κ1) is 11.1. The lowest BCUT2D eigenvalue weighted by molar-refractivity contribution is 0.194. The Morgan fingerprint density at radius 3 is 2.75 bits per heavy atom. The van der Waals surface area contributed by atoms with Gasteiger partial charge in [-0.05, 0) is 37.7 Å². The Morgan fingerprint density at radius 1 is 1.44 bits per heavy atom. The highest BCUT2D eigenvalue weighted by molar-refractivity contribution is 7.99. The lowest BCUT2D eigenvalue weighted by Gasteiger charge is -2.03. The number of hydrogen-bond donors (Lipinski definition) is 2. The Kier molecular flexibility index (Phi) is 3.21. The van der Waals surface area contributed by atoms with Crippen LogP contribution < -0.4 is 0 Å². The number of aromatic nitrogens is 4. The molecule has 0 amide bonds. The molecule has 2 aromatic heterocycles. The number of nitrogens with one attached hydrogen (secondary N) is 1. The van der Waals surface area contributed by atoms with E-state index >= 15 is 0 Å². The summed E-state index contributed by atoms with van der Waals surface area (Å²) in [5.41, 5.74) is 0.663. The van der Waals surface area contributed by atoms with Crippen molar-refractivity contribution in [3.8, 4) is 0 Å². The molecular formula is C10H12N4OS. The molecule has 0 aliphatic carbocycles. The van der Waals surface area contributed by atoms with Crippen molar-refractivity contribution in [3.63, 3.8) is 0 Å². The molecule has 0 aromatic carbocycles. The van der Waals surface area contributed by atoms with Gasteiger partial charge >= 0.3 is 0 Å². The zero-order valence-electron chi connectivity index (χ0n) is 9.01. The molecular weight excluding hydrogens is 224 g/mol. The molecule has 2 N–H and O–H groups in total. The van der Waals surface area contributed by atoms with Gasteiger partial charge in [0.05, 0.1) is 11.8 Å². The molecule has 16 heavy (non-hydrogen) atoms. The molecule has 0 saturated heterocycles. The molecule has 0 radical (unpaired) electrons. The second-order valence-corrected chi connectivity index (χ2v) is 4.44. The number of aryl methyl sites for hydroxylation is 1. The number of rotatable bonds is 3. The van der Waals surface area contributed by atoms with Crippen molar-refractivity contribution in [1.29, 1.82) is 0 Å². The topological polar surface area (TPSA) is 74.7 Å². The zero-order chi connectivity index (χ0) is 11.5. The highest BCUT2D eigenvalue weighted by Crippen LogP contribution is 2.24. The van der Waals surface area contributed by atoms with Gasteiger partial charge in [-0.15, -0.1) is 5.10 Å². The zero-order valence-corrected chi connectivity index (χ0v) is 9.82. The lowest BCUT2D eigenvalue weighted by Crippen LogP contribution is -1.94. The molecule has 2 rings (SSSR count). The van der Waals surface area contributed by atoms with E-state index in [9.17, 15) is 5.11 Å². The van der Waals surface area contributed by atoms with Gasteiger partial charge in [0, 0.05) is 11.1 Å². The summed E-state index contributed by atoms with van der Waals surface area (Å²) >= 11 is 1.43. The smallest absolute Gasteiger partial charge is 0.213 e. The predicted octanol–water partition coefficient (Wildman–Crippen LogP) is 1.71. The van der Waals surface area contributed by atoms with Gasteiger partial charge in [-0.25, -0.2) is 4.98 Å². The predicted molar refractivity (Wildman–Crippen MR) is 60.1 cm³/mol. The molecule has 0 fully saturated rings. The van der Waals surface area contributed by atoms with E-state index in [4.69, 9.17) is 0 Å². The largest absolute Gasteiger partial charge is 0.387 e. The van der Waals surface area contributed by atoms with Gasteiger partial charge in [0.25, 0.3) is 0 Å². The summed E-state index contributed by atoms with van der Waals surface area (Å²) in [6.07, 6.45) is 1.17. The van der Waals surface area contributed by atoms with Gasteiger partial charge in [0.1, 0.15) is 5.82 Å². The molecule has 0 saturated carbocycles. The van der Waals surface area contributed by atoms with Crippen molar-refractivity contribution in [1.82, 2.24) is 20.2 Å². The Morgan fingerprint density at radius 2 is 2.25 bits per heavy atom. The van der Waals surface area contributed by atoms with Gasteiger partial charge in [0.15, 0.2) is 0 Å². The maximum atomic E-state index is 9.31. The maximum absolute atomic E-state index is 9.31. The van der Waals surface area contributed by atoms with Crippen LogP contribution in [0.15, 0.2) is 28.4 Å². The Hall–Kier alpha value is -1.40. The minimum absolute atomic E-state index is 0.537. The number of H-pyrrole nitrogens is 1. The fourth-order valence-electron chi connectivity index (χ4n) is 1.17. The van der Waals surface area contributed by atoms with Crippen LogP contribution in [0.25, 0.3) is 0 Å². The highest BCUT2D eigenvalue weighted by Gasteiger charge is 2.05. The average molecular weight is 236 g/mol. The van der Waals surface area contributed by atoms with Crippen molar-refractivity contribution in [3.05, 3.63) is 29.8 Å². The van der Waals surface area contributed by atoms with Gasteiger partial charge in [0.2, 0.25) is 5.16 Å². The Labute approximate surface area is 97.3 Å². The minimum Gasteiger partial charge on any atom is -0.387 e. The van der Waals surface area contributed by atoms with E-state index in [2.05, 4.69) is 20.2 Å². The second kappa shape index (κ2) is 4.63. The van der Waals surface area contributed by atoms with Crippen LogP contribution in [-0.4, -0.2) is 25.3 Å². The fourth-order valence-corrected chi connectivity index (χ4v) is 1.90. The van der Waals surface area contributed by atoms with Crippen molar-refractivity contribution < 1.29 is 5.11 Å². The summed E-state index contributed by atoms with van der Waals surface area (Å²) in [7, 11) is 0. The summed E-state index contributed by atoms with van der Waals surface area (Å²) in [6, 6.07) is 3.69. The van der Waals surface area contributed by atoms with E-state index < -0.39 is 6.10 Å². The van der Waals surface area contributed by atoms with E-state index in [-0.39, 0.29) is 0 Å². The van der Waals surface area contributed by atoms with Crippen molar-refractivity contribution in [2.45, 2.75) is 30.0 Å². The molecule has 0 aliphatic heterocycles. The van der Waals surface area contributed by atoms with E-state index in [1.807, 2.05) is 13.0 Å². The SMILES string of the molecule is Cc1nc(Sc2ccc([C@H](C)O)nc2)n[nH]1. The molecule has 0 bridgehead atoms. The van der Waals surface area contributed by atoms with Crippen LogP contribution in [0.4, 0.5) is 0 Å². The summed E-state index contributed by atoms with van der Waals surface area (Å²) < 4.78 is 0. The van der Waals surface area contributed by atoms with E-state index in [0.717, 1.165) is 10.7 Å². The first-order valence-corrected chi connectivity index (χ1v) is 5.67. The van der Waals surface area contributed by atoms with Gasteiger partial charge < -0.3 is 5.11 Å². The van der Waals surface area contributed by atoms with E-state index in [1.165, 1.54) is 11.8 Å². The van der Waals surface area contributed by atoms with Crippen LogP contribution in [-0.2, 0) is 0 Å². The van der Waals surface area contributed by atoms with Crippen LogP contribution in [0.5, 0.6) is 0 Å². The molecule has 84 valence electrons. The monoisotopic (exact) mass is 236 g/mol. The van der Waals surface area contributed by atoms with Crippen molar-refractivity contribution in [2.24, 2.45) is 0 Å². The standard InChI is InChI=1S/C10H12N4OS/c1-6(15)9-4-3-8(5-11-9)16-10-12-7(2)13-14-10/h3-6,15H,1-2H3,(H,12,13,14)/t6-/m0/s1. The third-order valence-electron chi connectivity index (χ3n) is 1.97. The molecule has 6 heteroatoms. The lowest BCUT2D eigenvalue weighted by atomic mass is 10.2. The quantitative estimate of drug-likeness (QED) is 0.848. The van der Waals surface area contributed by atoms with Gasteiger partial charge in [-0.3, -0.25) is 10.1 Å². The number of aliphatic hydroxyl groups excluding tert-OH is 1.